The van der Waals surface area contributed by atoms with Gasteiger partial charge in [-0.3, -0.25) is 0 Å². The molecule has 0 radical (unpaired) electrons. The van der Waals surface area contributed by atoms with Gasteiger partial charge in [-0.2, -0.15) is 0 Å². The summed E-state index contributed by atoms with van der Waals surface area (Å²) in [5.74, 6) is 0. The lowest BCUT2D eigenvalue weighted by Gasteiger charge is -2.24. The molecule has 0 aliphatic carbocycles. The SMILES string of the molecule is CCCO[Si](CO)(CO)CO. The van der Waals surface area contributed by atoms with Crippen molar-refractivity contribution in [1.29, 1.82) is 0 Å². The molecule has 0 amide bonds. The molecule has 0 unspecified atom stereocenters. The Labute approximate surface area is 67.6 Å². The highest BCUT2D eigenvalue weighted by molar-refractivity contribution is 6.73. The maximum atomic E-state index is 8.82. The standard InChI is InChI=1S/C6H16O4Si/c1-2-3-10-11(4-7,5-8)6-9/h7-9H,2-6H2,1H3. The van der Waals surface area contributed by atoms with Crippen molar-refractivity contribution in [3.8, 4) is 0 Å². The van der Waals surface area contributed by atoms with Crippen LogP contribution in [0, 0.1) is 0 Å². The third-order valence-corrected chi connectivity index (χ3v) is 4.02. The van der Waals surface area contributed by atoms with Gasteiger partial charge in [0, 0.05) is 6.61 Å². The minimum Gasteiger partial charge on any atom is -0.410 e. The van der Waals surface area contributed by atoms with Crippen molar-refractivity contribution < 1.29 is 19.7 Å². The smallest absolute Gasteiger partial charge is 0.267 e. The number of hydrogen-bond acceptors (Lipinski definition) is 4. The van der Waals surface area contributed by atoms with Gasteiger partial charge < -0.3 is 19.7 Å². The van der Waals surface area contributed by atoms with Crippen LogP contribution < -0.4 is 0 Å². The zero-order chi connectivity index (χ0) is 8.74. The van der Waals surface area contributed by atoms with E-state index in [-0.39, 0.29) is 18.7 Å². The molecule has 0 bridgehead atoms. The summed E-state index contributed by atoms with van der Waals surface area (Å²) in [6.07, 6.45) is 0.161. The molecule has 0 heterocycles. The maximum Gasteiger partial charge on any atom is 0.267 e. The van der Waals surface area contributed by atoms with Crippen LogP contribution in [0.5, 0.6) is 0 Å². The van der Waals surface area contributed by atoms with E-state index in [0.29, 0.717) is 6.61 Å². The topological polar surface area (TPSA) is 69.9 Å². The fraction of sp³-hybridized carbons (Fsp3) is 1.00. The monoisotopic (exact) mass is 180 g/mol. The summed E-state index contributed by atoms with van der Waals surface area (Å²) < 4.78 is 5.22. The fourth-order valence-electron chi connectivity index (χ4n) is 0.605. The summed E-state index contributed by atoms with van der Waals surface area (Å²) in [5, 5.41) is 26.5. The Kier molecular flexibility index (Phi) is 5.70. The lowest BCUT2D eigenvalue weighted by atomic mass is 10.5. The largest absolute Gasteiger partial charge is 0.410 e. The predicted octanol–water partition coefficient (Wildman–Crippen LogP) is -1.05. The molecule has 0 aromatic rings. The second-order valence-electron chi connectivity index (χ2n) is 2.51. The molecule has 5 heteroatoms. The second kappa shape index (κ2) is 5.67. The highest BCUT2D eigenvalue weighted by atomic mass is 28.4. The van der Waals surface area contributed by atoms with E-state index in [1.165, 1.54) is 0 Å². The first-order valence-electron chi connectivity index (χ1n) is 3.71. The highest BCUT2D eigenvalue weighted by Crippen LogP contribution is 2.02. The Morgan fingerprint density at radius 2 is 1.55 bits per heavy atom. The minimum atomic E-state index is -2.57. The first-order valence-corrected chi connectivity index (χ1v) is 6.24. The van der Waals surface area contributed by atoms with E-state index in [0.717, 1.165) is 6.42 Å². The van der Waals surface area contributed by atoms with Crippen molar-refractivity contribution in [3.63, 3.8) is 0 Å². The van der Waals surface area contributed by atoms with Crippen LogP contribution >= 0.6 is 0 Å². The molecule has 0 spiro atoms. The third kappa shape index (κ3) is 3.30. The van der Waals surface area contributed by atoms with E-state index in [2.05, 4.69) is 0 Å². The summed E-state index contributed by atoms with van der Waals surface area (Å²) in [4.78, 5) is 0. The molecule has 0 atom stereocenters. The number of rotatable bonds is 6. The van der Waals surface area contributed by atoms with E-state index in [1.807, 2.05) is 6.92 Å². The molecule has 4 nitrogen and oxygen atoms in total. The maximum absolute atomic E-state index is 8.82. The van der Waals surface area contributed by atoms with E-state index < -0.39 is 8.32 Å². The zero-order valence-corrected chi connectivity index (χ0v) is 7.79. The van der Waals surface area contributed by atoms with E-state index in [9.17, 15) is 0 Å². The van der Waals surface area contributed by atoms with Gasteiger partial charge in [0.05, 0.1) is 18.7 Å². The molecule has 0 aromatic carbocycles. The molecule has 0 fully saturated rings. The summed E-state index contributed by atoms with van der Waals surface area (Å²) in [7, 11) is -2.57. The summed E-state index contributed by atoms with van der Waals surface area (Å²) in [5.41, 5.74) is 0. The molecule has 0 aliphatic rings. The van der Waals surface area contributed by atoms with Crippen molar-refractivity contribution in [3.05, 3.63) is 0 Å². The molecule has 11 heavy (non-hydrogen) atoms. The van der Waals surface area contributed by atoms with Crippen molar-refractivity contribution in [1.82, 2.24) is 0 Å². The Morgan fingerprint density at radius 1 is 1.09 bits per heavy atom. The van der Waals surface area contributed by atoms with Gasteiger partial charge >= 0.3 is 0 Å². The predicted molar refractivity (Wildman–Crippen MR) is 43.3 cm³/mol. The van der Waals surface area contributed by atoms with E-state index in [1.54, 1.807) is 0 Å². The average Bonchev–Trinajstić information content (AvgIpc) is 2.08. The molecule has 0 saturated heterocycles. The van der Waals surface area contributed by atoms with Gasteiger partial charge in [0.25, 0.3) is 8.32 Å². The quantitative estimate of drug-likeness (QED) is 0.456. The second-order valence-corrected chi connectivity index (χ2v) is 6.11. The molecule has 0 saturated carbocycles. The van der Waals surface area contributed by atoms with Crippen molar-refractivity contribution in [2.24, 2.45) is 0 Å². The lowest BCUT2D eigenvalue weighted by molar-refractivity contribution is 0.192. The van der Waals surface area contributed by atoms with Gasteiger partial charge in [0.1, 0.15) is 0 Å². The Morgan fingerprint density at radius 3 is 1.82 bits per heavy atom. The lowest BCUT2D eigenvalue weighted by Crippen LogP contribution is -2.51. The first kappa shape index (κ1) is 11.1. The van der Waals surface area contributed by atoms with Crippen LogP contribution in [0.1, 0.15) is 13.3 Å². The van der Waals surface area contributed by atoms with Crippen LogP contribution in [0.25, 0.3) is 0 Å². The van der Waals surface area contributed by atoms with Gasteiger partial charge in [0.2, 0.25) is 0 Å². The van der Waals surface area contributed by atoms with Crippen LogP contribution in [0.2, 0.25) is 0 Å². The van der Waals surface area contributed by atoms with Crippen molar-refractivity contribution >= 4 is 8.32 Å². The average molecular weight is 180 g/mol. The Bertz CT molecular complexity index is 86.3. The van der Waals surface area contributed by atoms with Gasteiger partial charge in [-0.15, -0.1) is 0 Å². The molecular formula is C6H16O4Si. The molecule has 3 N–H and O–H groups in total. The Balaban J connectivity index is 3.84. The van der Waals surface area contributed by atoms with Crippen LogP contribution in [0.4, 0.5) is 0 Å². The third-order valence-electron chi connectivity index (χ3n) is 1.48. The minimum absolute atomic E-state index is 0.222. The number of aliphatic hydroxyl groups is 3. The van der Waals surface area contributed by atoms with Crippen LogP contribution in [-0.4, -0.2) is 48.9 Å². The summed E-state index contributed by atoms with van der Waals surface area (Å²) in [6.45, 7) is 2.43. The van der Waals surface area contributed by atoms with Gasteiger partial charge in [-0.1, -0.05) is 6.92 Å². The molecule has 0 aromatic heterocycles. The van der Waals surface area contributed by atoms with Gasteiger partial charge in [0.15, 0.2) is 0 Å². The van der Waals surface area contributed by atoms with Gasteiger partial charge in [-0.05, 0) is 6.42 Å². The fourth-order valence-corrected chi connectivity index (χ4v) is 1.82. The van der Waals surface area contributed by atoms with Crippen molar-refractivity contribution in [2.45, 2.75) is 13.3 Å². The molecular weight excluding hydrogens is 164 g/mol. The molecule has 68 valence electrons. The summed E-state index contributed by atoms with van der Waals surface area (Å²) in [6, 6.07) is 0. The first-order chi connectivity index (χ1) is 5.24. The van der Waals surface area contributed by atoms with Gasteiger partial charge in [-0.25, -0.2) is 0 Å². The Hall–Kier alpha value is 0.0569. The van der Waals surface area contributed by atoms with Crippen LogP contribution in [0.3, 0.4) is 0 Å². The van der Waals surface area contributed by atoms with E-state index in [4.69, 9.17) is 19.7 Å². The zero-order valence-electron chi connectivity index (χ0n) is 6.79. The van der Waals surface area contributed by atoms with Crippen LogP contribution in [0.15, 0.2) is 0 Å². The number of aliphatic hydroxyl groups excluding tert-OH is 3. The van der Waals surface area contributed by atoms with Crippen molar-refractivity contribution in [2.75, 3.05) is 25.3 Å². The van der Waals surface area contributed by atoms with Crippen LogP contribution in [-0.2, 0) is 4.43 Å². The molecule has 0 rings (SSSR count). The summed E-state index contributed by atoms with van der Waals surface area (Å²) >= 11 is 0. The highest BCUT2D eigenvalue weighted by Gasteiger charge is 2.32. The normalized spacial score (nSPS) is 12.0. The number of hydrogen-bond donors (Lipinski definition) is 3. The molecule has 0 aliphatic heterocycles. The van der Waals surface area contributed by atoms with E-state index >= 15 is 0 Å².